The van der Waals surface area contributed by atoms with Gasteiger partial charge in [-0.1, -0.05) is 12.1 Å². The van der Waals surface area contributed by atoms with Gasteiger partial charge in [0.2, 0.25) is 0 Å². The van der Waals surface area contributed by atoms with Gasteiger partial charge in [0, 0.05) is 24.8 Å². The molecule has 17 heavy (non-hydrogen) atoms. The monoisotopic (exact) mass is 228 g/mol. The van der Waals surface area contributed by atoms with Crippen molar-refractivity contribution in [1.82, 2.24) is 15.4 Å². The topological polar surface area (TPSA) is 63.8 Å². The molecule has 0 bridgehead atoms. The minimum Gasteiger partial charge on any atom is -0.271 e. The molecule has 0 fully saturated rings. The third-order valence-electron chi connectivity index (χ3n) is 2.66. The van der Waals surface area contributed by atoms with Gasteiger partial charge in [-0.05, 0) is 36.1 Å². The van der Waals surface area contributed by atoms with E-state index in [1.165, 1.54) is 0 Å². The second-order valence-corrected chi connectivity index (χ2v) is 4.08. The predicted octanol–water partition coefficient (Wildman–Crippen LogP) is 1.53. The Morgan fingerprint density at radius 2 is 2.18 bits per heavy atom. The van der Waals surface area contributed by atoms with Crippen molar-refractivity contribution in [3.63, 3.8) is 0 Å². The Morgan fingerprint density at radius 1 is 1.29 bits per heavy atom. The SMILES string of the molecule is Cc1cncc(C(Cc2cccnc2)NN)c1. The molecule has 2 heterocycles. The summed E-state index contributed by atoms with van der Waals surface area (Å²) in [5, 5.41) is 0. The summed E-state index contributed by atoms with van der Waals surface area (Å²) in [6.45, 7) is 2.02. The van der Waals surface area contributed by atoms with Crippen LogP contribution < -0.4 is 11.3 Å². The number of hydrazine groups is 1. The highest BCUT2D eigenvalue weighted by Crippen LogP contribution is 2.17. The number of aromatic nitrogens is 2. The van der Waals surface area contributed by atoms with Gasteiger partial charge in [0.05, 0.1) is 6.04 Å². The zero-order valence-electron chi connectivity index (χ0n) is 9.80. The molecule has 4 nitrogen and oxygen atoms in total. The average Bonchev–Trinajstić information content (AvgIpc) is 2.37. The first-order chi connectivity index (χ1) is 8.29. The number of nitrogens with two attached hydrogens (primary N) is 1. The van der Waals surface area contributed by atoms with Crippen LogP contribution in [0, 0.1) is 6.92 Å². The van der Waals surface area contributed by atoms with Crippen molar-refractivity contribution in [3.8, 4) is 0 Å². The molecular weight excluding hydrogens is 212 g/mol. The van der Waals surface area contributed by atoms with Crippen molar-refractivity contribution < 1.29 is 0 Å². The van der Waals surface area contributed by atoms with Crippen molar-refractivity contribution >= 4 is 0 Å². The van der Waals surface area contributed by atoms with E-state index in [-0.39, 0.29) is 6.04 Å². The zero-order valence-corrected chi connectivity index (χ0v) is 9.80. The van der Waals surface area contributed by atoms with Crippen molar-refractivity contribution in [2.24, 2.45) is 5.84 Å². The lowest BCUT2D eigenvalue weighted by molar-refractivity contribution is 0.549. The van der Waals surface area contributed by atoms with Crippen molar-refractivity contribution in [3.05, 3.63) is 59.7 Å². The number of aryl methyl sites for hydroxylation is 1. The van der Waals surface area contributed by atoms with Crippen LogP contribution in [0.3, 0.4) is 0 Å². The third kappa shape index (κ3) is 3.09. The Bertz CT molecular complexity index is 470. The van der Waals surface area contributed by atoms with Gasteiger partial charge in [-0.3, -0.25) is 21.2 Å². The highest BCUT2D eigenvalue weighted by atomic mass is 15.2. The Labute approximate surface area is 101 Å². The molecule has 0 aromatic carbocycles. The molecule has 1 unspecified atom stereocenters. The van der Waals surface area contributed by atoms with Gasteiger partial charge in [0.1, 0.15) is 0 Å². The lowest BCUT2D eigenvalue weighted by Crippen LogP contribution is -2.29. The Kier molecular flexibility index (Phi) is 3.80. The van der Waals surface area contributed by atoms with E-state index in [1.807, 2.05) is 37.6 Å². The fourth-order valence-corrected chi connectivity index (χ4v) is 1.80. The summed E-state index contributed by atoms with van der Waals surface area (Å²) in [7, 11) is 0. The molecule has 3 N–H and O–H groups in total. The highest BCUT2D eigenvalue weighted by Gasteiger charge is 2.10. The number of nitrogens with one attached hydrogen (secondary N) is 1. The first kappa shape index (κ1) is 11.7. The third-order valence-corrected chi connectivity index (χ3v) is 2.66. The summed E-state index contributed by atoms with van der Waals surface area (Å²) in [6.07, 6.45) is 8.10. The molecule has 0 spiro atoms. The number of rotatable bonds is 4. The molecule has 4 heteroatoms. The molecule has 0 aliphatic rings. The lowest BCUT2D eigenvalue weighted by Gasteiger charge is -2.16. The molecule has 0 saturated carbocycles. The van der Waals surface area contributed by atoms with E-state index in [0.717, 1.165) is 23.1 Å². The fraction of sp³-hybridized carbons (Fsp3) is 0.231. The molecule has 88 valence electrons. The summed E-state index contributed by atoms with van der Waals surface area (Å²) in [5.41, 5.74) is 6.20. The molecule has 0 aliphatic heterocycles. The van der Waals surface area contributed by atoms with E-state index in [4.69, 9.17) is 5.84 Å². The second kappa shape index (κ2) is 5.52. The Morgan fingerprint density at radius 3 is 2.82 bits per heavy atom. The van der Waals surface area contributed by atoms with E-state index in [9.17, 15) is 0 Å². The smallest absolute Gasteiger partial charge is 0.0516 e. The summed E-state index contributed by atoms with van der Waals surface area (Å²) in [6, 6.07) is 6.12. The van der Waals surface area contributed by atoms with Gasteiger partial charge in [-0.2, -0.15) is 0 Å². The predicted molar refractivity (Wildman–Crippen MR) is 67.0 cm³/mol. The molecule has 1 atom stereocenters. The second-order valence-electron chi connectivity index (χ2n) is 4.08. The molecule has 2 aromatic heterocycles. The molecule has 0 saturated heterocycles. The molecule has 0 radical (unpaired) electrons. The Hall–Kier alpha value is -1.78. The van der Waals surface area contributed by atoms with Crippen LogP contribution in [0.15, 0.2) is 43.0 Å². The zero-order chi connectivity index (χ0) is 12.1. The highest BCUT2D eigenvalue weighted by molar-refractivity contribution is 5.22. The molecule has 2 rings (SSSR count). The van der Waals surface area contributed by atoms with Crippen LogP contribution in [0.4, 0.5) is 0 Å². The summed E-state index contributed by atoms with van der Waals surface area (Å²) < 4.78 is 0. The average molecular weight is 228 g/mol. The lowest BCUT2D eigenvalue weighted by atomic mass is 10.0. The van der Waals surface area contributed by atoms with Gasteiger partial charge in [-0.25, -0.2) is 0 Å². The maximum atomic E-state index is 5.60. The van der Waals surface area contributed by atoms with E-state index < -0.39 is 0 Å². The molecule has 2 aromatic rings. The number of pyridine rings is 2. The van der Waals surface area contributed by atoms with Gasteiger partial charge in [0.25, 0.3) is 0 Å². The van der Waals surface area contributed by atoms with Crippen molar-refractivity contribution in [1.29, 1.82) is 0 Å². The van der Waals surface area contributed by atoms with Crippen LogP contribution in [-0.4, -0.2) is 9.97 Å². The van der Waals surface area contributed by atoms with Gasteiger partial charge in [-0.15, -0.1) is 0 Å². The van der Waals surface area contributed by atoms with Crippen LogP contribution in [0.25, 0.3) is 0 Å². The quantitative estimate of drug-likeness (QED) is 0.615. The van der Waals surface area contributed by atoms with Crippen LogP contribution in [-0.2, 0) is 6.42 Å². The summed E-state index contributed by atoms with van der Waals surface area (Å²) in [5.74, 6) is 5.60. The van der Waals surface area contributed by atoms with Crippen molar-refractivity contribution in [2.75, 3.05) is 0 Å². The maximum Gasteiger partial charge on any atom is 0.0516 e. The minimum atomic E-state index is 0.0617. The Balaban J connectivity index is 2.17. The van der Waals surface area contributed by atoms with Gasteiger partial charge < -0.3 is 0 Å². The fourth-order valence-electron chi connectivity index (χ4n) is 1.80. The normalized spacial score (nSPS) is 12.4. The number of hydrogen-bond donors (Lipinski definition) is 2. The van der Waals surface area contributed by atoms with Crippen LogP contribution in [0.5, 0.6) is 0 Å². The van der Waals surface area contributed by atoms with E-state index in [1.54, 1.807) is 6.20 Å². The van der Waals surface area contributed by atoms with E-state index in [0.29, 0.717) is 0 Å². The van der Waals surface area contributed by atoms with E-state index in [2.05, 4.69) is 21.5 Å². The standard InChI is InChI=1S/C13H16N4/c1-10-5-12(9-16-7-10)13(17-14)6-11-3-2-4-15-8-11/h2-5,7-9,13,17H,6,14H2,1H3. The molecular formula is C13H16N4. The summed E-state index contributed by atoms with van der Waals surface area (Å²) >= 11 is 0. The first-order valence-corrected chi connectivity index (χ1v) is 5.56. The van der Waals surface area contributed by atoms with Crippen LogP contribution >= 0.6 is 0 Å². The largest absolute Gasteiger partial charge is 0.271 e. The number of nitrogens with zero attached hydrogens (tertiary/aromatic N) is 2. The maximum absolute atomic E-state index is 5.60. The van der Waals surface area contributed by atoms with Crippen LogP contribution in [0.1, 0.15) is 22.7 Å². The molecule has 0 amide bonds. The van der Waals surface area contributed by atoms with E-state index >= 15 is 0 Å². The van der Waals surface area contributed by atoms with Crippen molar-refractivity contribution in [2.45, 2.75) is 19.4 Å². The van der Waals surface area contributed by atoms with Gasteiger partial charge >= 0.3 is 0 Å². The molecule has 0 aliphatic carbocycles. The summed E-state index contributed by atoms with van der Waals surface area (Å²) in [4.78, 5) is 8.28. The van der Waals surface area contributed by atoms with Crippen LogP contribution in [0.2, 0.25) is 0 Å². The minimum absolute atomic E-state index is 0.0617. The first-order valence-electron chi connectivity index (χ1n) is 5.56. The number of hydrogen-bond acceptors (Lipinski definition) is 4. The van der Waals surface area contributed by atoms with Gasteiger partial charge in [0.15, 0.2) is 0 Å².